The van der Waals surface area contributed by atoms with Gasteiger partial charge in [-0.15, -0.1) is 0 Å². The number of benzene rings is 2. The van der Waals surface area contributed by atoms with Gasteiger partial charge in [-0.1, -0.05) is 40.7 Å². The molecule has 0 aliphatic heterocycles. The standard InChI is InChI=1S/C23H30N2O3/c1-16(2)13-14-28-20-11-9-17(10-12-20)21(26)24-18-7-6-8-19(15-18)25-22(27)23(3,4)5/h6-12,15-16H,13-14H2,1-5H3,(H,24,26)(H,25,27). The van der Waals surface area contributed by atoms with E-state index in [1.165, 1.54) is 0 Å². The summed E-state index contributed by atoms with van der Waals surface area (Å²) in [5, 5.41) is 5.72. The van der Waals surface area contributed by atoms with Crippen molar-refractivity contribution in [2.45, 2.75) is 41.0 Å². The summed E-state index contributed by atoms with van der Waals surface area (Å²) in [6.07, 6.45) is 0.990. The van der Waals surface area contributed by atoms with Crippen LogP contribution in [0.25, 0.3) is 0 Å². The van der Waals surface area contributed by atoms with Gasteiger partial charge >= 0.3 is 0 Å². The fraction of sp³-hybridized carbons (Fsp3) is 0.391. The molecule has 150 valence electrons. The predicted molar refractivity (Wildman–Crippen MR) is 114 cm³/mol. The number of nitrogens with one attached hydrogen (secondary N) is 2. The molecule has 2 amide bonds. The molecule has 0 aliphatic carbocycles. The van der Waals surface area contributed by atoms with Gasteiger partial charge in [0.25, 0.3) is 5.91 Å². The van der Waals surface area contributed by atoms with Crippen LogP contribution in [-0.4, -0.2) is 18.4 Å². The molecule has 0 saturated carbocycles. The minimum atomic E-state index is -0.488. The topological polar surface area (TPSA) is 67.4 Å². The van der Waals surface area contributed by atoms with Gasteiger partial charge in [-0.3, -0.25) is 9.59 Å². The highest BCUT2D eigenvalue weighted by Crippen LogP contribution is 2.21. The molecule has 0 radical (unpaired) electrons. The number of hydrogen-bond donors (Lipinski definition) is 2. The Hall–Kier alpha value is -2.82. The van der Waals surface area contributed by atoms with Crippen molar-refractivity contribution in [1.82, 2.24) is 0 Å². The van der Waals surface area contributed by atoms with Crippen LogP contribution in [0.5, 0.6) is 5.75 Å². The summed E-state index contributed by atoms with van der Waals surface area (Å²) >= 11 is 0. The average molecular weight is 383 g/mol. The Balaban J connectivity index is 1.97. The number of hydrogen-bond acceptors (Lipinski definition) is 3. The number of carbonyl (C=O) groups is 2. The minimum Gasteiger partial charge on any atom is -0.494 e. The van der Waals surface area contributed by atoms with E-state index in [-0.39, 0.29) is 11.8 Å². The molecule has 0 atom stereocenters. The molecule has 2 aromatic carbocycles. The smallest absolute Gasteiger partial charge is 0.255 e. The lowest BCUT2D eigenvalue weighted by atomic mass is 9.95. The fourth-order valence-electron chi connectivity index (χ4n) is 2.31. The first kappa shape index (κ1) is 21.5. The monoisotopic (exact) mass is 382 g/mol. The number of anilines is 2. The van der Waals surface area contributed by atoms with Crippen molar-refractivity contribution in [3.05, 3.63) is 54.1 Å². The second-order valence-corrected chi connectivity index (χ2v) is 8.29. The summed E-state index contributed by atoms with van der Waals surface area (Å²) in [6, 6.07) is 14.2. The summed E-state index contributed by atoms with van der Waals surface area (Å²) in [4.78, 5) is 24.6. The van der Waals surface area contributed by atoms with Crippen molar-refractivity contribution >= 4 is 23.2 Å². The average Bonchev–Trinajstić information content (AvgIpc) is 2.61. The lowest BCUT2D eigenvalue weighted by molar-refractivity contribution is -0.123. The summed E-state index contributed by atoms with van der Waals surface area (Å²) in [7, 11) is 0. The number of amides is 2. The van der Waals surface area contributed by atoms with Gasteiger partial charge in [0.05, 0.1) is 6.61 Å². The molecule has 2 N–H and O–H groups in total. The molecule has 2 rings (SSSR count). The summed E-state index contributed by atoms with van der Waals surface area (Å²) < 4.78 is 5.68. The first-order valence-electron chi connectivity index (χ1n) is 9.61. The van der Waals surface area contributed by atoms with Gasteiger partial charge in [0.2, 0.25) is 5.91 Å². The Kier molecular flexibility index (Phi) is 7.21. The van der Waals surface area contributed by atoms with Crippen LogP contribution < -0.4 is 15.4 Å². The van der Waals surface area contributed by atoms with Crippen LogP contribution in [0.3, 0.4) is 0 Å². The molecule has 0 heterocycles. The van der Waals surface area contributed by atoms with E-state index in [2.05, 4.69) is 24.5 Å². The molecule has 0 saturated heterocycles. The van der Waals surface area contributed by atoms with Gasteiger partial charge in [0.1, 0.15) is 5.75 Å². The third kappa shape index (κ3) is 6.72. The van der Waals surface area contributed by atoms with Crippen molar-refractivity contribution in [2.75, 3.05) is 17.2 Å². The third-order valence-corrected chi connectivity index (χ3v) is 4.14. The quantitative estimate of drug-likeness (QED) is 0.678. The van der Waals surface area contributed by atoms with Gasteiger partial charge in [0, 0.05) is 22.4 Å². The van der Waals surface area contributed by atoms with Gasteiger partial charge in [-0.2, -0.15) is 0 Å². The van der Waals surface area contributed by atoms with E-state index in [0.29, 0.717) is 29.5 Å². The molecule has 0 fully saturated rings. The van der Waals surface area contributed by atoms with Crippen LogP contribution in [0.15, 0.2) is 48.5 Å². The summed E-state index contributed by atoms with van der Waals surface area (Å²) in [5.74, 6) is 1.05. The molecule has 0 spiro atoms. The maximum atomic E-state index is 12.5. The molecule has 0 unspecified atom stereocenters. The first-order valence-corrected chi connectivity index (χ1v) is 9.61. The molecule has 5 nitrogen and oxygen atoms in total. The third-order valence-electron chi connectivity index (χ3n) is 4.14. The molecule has 0 bridgehead atoms. The zero-order valence-corrected chi connectivity index (χ0v) is 17.3. The Morgan fingerprint density at radius 3 is 2.14 bits per heavy atom. The van der Waals surface area contributed by atoms with E-state index >= 15 is 0 Å². The van der Waals surface area contributed by atoms with Crippen LogP contribution in [0.1, 0.15) is 51.4 Å². The van der Waals surface area contributed by atoms with E-state index in [1.807, 2.05) is 20.8 Å². The van der Waals surface area contributed by atoms with Crippen LogP contribution in [0.4, 0.5) is 11.4 Å². The zero-order chi connectivity index (χ0) is 20.7. The second kappa shape index (κ2) is 9.40. The highest BCUT2D eigenvalue weighted by Gasteiger charge is 2.21. The Morgan fingerprint density at radius 2 is 1.57 bits per heavy atom. The predicted octanol–water partition coefficient (Wildman–Crippen LogP) is 5.35. The molecular formula is C23H30N2O3. The van der Waals surface area contributed by atoms with Gasteiger partial charge < -0.3 is 15.4 Å². The number of carbonyl (C=O) groups excluding carboxylic acids is 2. The lowest BCUT2D eigenvalue weighted by Gasteiger charge is -2.18. The molecular weight excluding hydrogens is 352 g/mol. The SMILES string of the molecule is CC(C)CCOc1ccc(C(=O)Nc2cccc(NC(=O)C(C)(C)C)c2)cc1. The first-order chi connectivity index (χ1) is 13.1. The van der Waals surface area contributed by atoms with Crippen LogP contribution in [-0.2, 0) is 4.79 Å². The molecule has 0 aliphatic rings. The fourth-order valence-corrected chi connectivity index (χ4v) is 2.31. The van der Waals surface area contributed by atoms with E-state index in [9.17, 15) is 9.59 Å². The van der Waals surface area contributed by atoms with E-state index in [4.69, 9.17) is 4.74 Å². The van der Waals surface area contributed by atoms with Crippen molar-refractivity contribution < 1.29 is 14.3 Å². The van der Waals surface area contributed by atoms with Crippen molar-refractivity contribution in [2.24, 2.45) is 11.3 Å². The maximum Gasteiger partial charge on any atom is 0.255 e. The van der Waals surface area contributed by atoms with Crippen LogP contribution >= 0.6 is 0 Å². The van der Waals surface area contributed by atoms with Crippen LogP contribution in [0.2, 0.25) is 0 Å². The largest absolute Gasteiger partial charge is 0.494 e. The number of rotatable bonds is 7. The van der Waals surface area contributed by atoms with Gasteiger partial charge in [-0.25, -0.2) is 0 Å². The van der Waals surface area contributed by atoms with Crippen molar-refractivity contribution in [3.63, 3.8) is 0 Å². The minimum absolute atomic E-state index is 0.0796. The molecule has 0 aromatic heterocycles. The molecule has 5 heteroatoms. The summed E-state index contributed by atoms with van der Waals surface area (Å²) in [6.45, 7) is 10.5. The highest BCUT2D eigenvalue weighted by molar-refractivity contribution is 6.04. The normalized spacial score (nSPS) is 11.2. The van der Waals surface area contributed by atoms with E-state index in [0.717, 1.165) is 12.2 Å². The molecule has 2 aromatic rings. The van der Waals surface area contributed by atoms with Crippen molar-refractivity contribution in [3.8, 4) is 5.75 Å². The Morgan fingerprint density at radius 1 is 0.964 bits per heavy atom. The van der Waals surface area contributed by atoms with E-state index in [1.54, 1.807) is 48.5 Å². The second-order valence-electron chi connectivity index (χ2n) is 8.29. The maximum absolute atomic E-state index is 12.5. The highest BCUT2D eigenvalue weighted by atomic mass is 16.5. The van der Waals surface area contributed by atoms with Gasteiger partial charge in [0.15, 0.2) is 0 Å². The Labute approximate surface area is 167 Å². The molecule has 28 heavy (non-hydrogen) atoms. The van der Waals surface area contributed by atoms with Crippen molar-refractivity contribution in [1.29, 1.82) is 0 Å². The summed E-state index contributed by atoms with van der Waals surface area (Å²) in [5.41, 5.74) is 1.32. The number of ether oxygens (including phenoxy) is 1. The lowest BCUT2D eigenvalue weighted by Crippen LogP contribution is -2.27. The van der Waals surface area contributed by atoms with E-state index < -0.39 is 5.41 Å². The Bertz CT molecular complexity index is 805. The van der Waals surface area contributed by atoms with Crippen LogP contribution in [0, 0.1) is 11.3 Å². The zero-order valence-electron chi connectivity index (χ0n) is 17.3. The van der Waals surface area contributed by atoms with Gasteiger partial charge in [-0.05, 0) is 54.8 Å².